The maximum absolute atomic E-state index is 12.2. The Morgan fingerprint density at radius 2 is 1.90 bits per heavy atom. The van der Waals surface area contributed by atoms with Gasteiger partial charge in [-0.25, -0.2) is 4.98 Å². The number of carbonyl (C=O) groups is 1. The zero-order valence-corrected chi connectivity index (χ0v) is 13.4. The molecule has 1 saturated carbocycles. The van der Waals surface area contributed by atoms with Crippen LogP contribution < -0.4 is 15.1 Å². The first-order valence-electron chi connectivity index (χ1n) is 7.49. The number of carbonyl (C=O) groups excluding carboxylic acids is 1. The maximum Gasteiger partial charge on any atom is 0.226 e. The minimum absolute atomic E-state index is 0.0613. The third-order valence-corrected chi connectivity index (χ3v) is 3.80. The monoisotopic (exact) mass is 291 g/mol. The fourth-order valence-corrected chi connectivity index (χ4v) is 2.69. The van der Waals surface area contributed by atoms with E-state index in [4.69, 9.17) is 0 Å². The third kappa shape index (κ3) is 4.06. The summed E-state index contributed by atoms with van der Waals surface area (Å²) in [7, 11) is 7.61. The van der Waals surface area contributed by atoms with Crippen molar-refractivity contribution in [3.63, 3.8) is 0 Å². The van der Waals surface area contributed by atoms with Gasteiger partial charge in [0.05, 0.1) is 6.20 Å². The molecule has 1 heterocycles. The van der Waals surface area contributed by atoms with Crippen LogP contribution in [0.1, 0.15) is 32.1 Å². The average Bonchev–Trinajstić information content (AvgIpc) is 2.91. The molecule has 1 aliphatic carbocycles. The lowest BCUT2D eigenvalue weighted by Gasteiger charge is -2.19. The Hall–Kier alpha value is -1.85. The number of hydrogen-bond donors (Lipinski definition) is 1. The molecule has 6 nitrogen and oxygen atoms in total. The van der Waals surface area contributed by atoms with Crippen LogP contribution in [0.5, 0.6) is 0 Å². The van der Waals surface area contributed by atoms with Crippen LogP contribution in [0, 0.1) is 5.92 Å². The van der Waals surface area contributed by atoms with Gasteiger partial charge in [-0.3, -0.25) is 4.79 Å². The standard InChI is InChI=1S/C15H25N5O/c1-19(2)14-12(10-16-15(18-14)20(3)4)17-13(21)9-11-7-5-6-8-11/h10-11H,5-9H2,1-4H3,(H,17,21). The quantitative estimate of drug-likeness (QED) is 0.900. The SMILES string of the molecule is CN(C)c1ncc(NC(=O)CC2CCCC2)c(N(C)C)n1. The molecule has 0 aromatic carbocycles. The van der Waals surface area contributed by atoms with Crippen LogP contribution in [0.25, 0.3) is 0 Å². The van der Waals surface area contributed by atoms with E-state index in [0.29, 0.717) is 24.0 Å². The topological polar surface area (TPSA) is 61.4 Å². The molecule has 116 valence electrons. The number of anilines is 3. The van der Waals surface area contributed by atoms with Crippen LogP contribution in [-0.4, -0.2) is 44.1 Å². The molecule has 1 aliphatic rings. The highest BCUT2D eigenvalue weighted by Gasteiger charge is 2.20. The van der Waals surface area contributed by atoms with Crippen molar-refractivity contribution in [2.24, 2.45) is 5.92 Å². The summed E-state index contributed by atoms with van der Waals surface area (Å²) in [4.78, 5) is 24.7. The van der Waals surface area contributed by atoms with Crippen LogP contribution >= 0.6 is 0 Å². The van der Waals surface area contributed by atoms with Crippen molar-refractivity contribution in [2.45, 2.75) is 32.1 Å². The van der Waals surface area contributed by atoms with E-state index in [1.807, 2.05) is 38.0 Å². The van der Waals surface area contributed by atoms with Crippen molar-refractivity contribution >= 4 is 23.4 Å². The predicted octanol–water partition coefficient (Wildman–Crippen LogP) is 2.13. The van der Waals surface area contributed by atoms with E-state index in [0.717, 1.165) is 5.82 Å². The van der Waals surface area contributed by atoms with Gasteiger partial charge >= 0.3 is 0 Å². The first kappa shape index (κ1) is 15.5. The number of nitrogens with zero attached hydrogens (tertiary/aromatic N) is 4. The van der Waals surface area contributed by atoms with Gasteiger partial charge in [-0.05, 0) is 18.8 Å². The molecule has 2 rings (SSSR count). The van der Waals surface area contributed by atoms with Crippen LogP contribution in [0.4, 0.5) is 17.5 Å². The zero-order chi connectivity index (χ0) is 15.4. The largest absolute Gasteiger partial charge is 0.361 e. The molecule has 0 spiro atoms. The molecule has 0 unspecified atom stereocenters. The van der Waals surface area contributed by atoms with Gasteiger partial charge in [-0.2, -0.15) is 4.98 Å². The van der Waals surface area contributed by atoms with Gasteiger partial charge in [0.2, 0.25) is 11.9 Å². The Morgan fingerprint density at radius 1 is 1.24 bits per heavy atom. The van der Waals surface area contributed by atoms with Gasteiger partial charge in [0.25, 0.3) is 0 Å². The van der Waals surface area contributed by atoms with Gasteiger partial charge in [-0.1, -0.05) is 12.8 Å². The third-order valence-electron chi connectivity index (χ3n) is 3.80. The van der Waals surface area contributed by atoms with Crippen molar-refractivity contribution in [1.82, 2.24) is 9.97 Å². The Labute approximate surface area is 126 Å². The Morgan fingerprint density at radius 3 is 2.48 bits per heavy atom. The molecule has 1 fully saturated rings. The lowest BCUT2D eigenvalue weighted by Crippen LogP contribution is -2.21. The number of nitrogens with one attached hydrogen (secondary N) is 1. The van der Waals surface area contributed by atoms with Crippen LogP contribution in [-0.2, 0) is 4.79 Å². The summed E-state index contributed by atoms with van der Waals surface area (Å²) in [6.07, 6.45) is 7.13. The number of rotatable bonds is 5. The van der Waals surface area contributed by atoms with E-state index >= 15 is 0 Å². The van der Waals surface area contributed by atoms with Crippen molar-refractivity contribution in [2.75, 3.05) is 43.3 Å². The van der Waals surface area contributed by atoms with Crippen molar-refractivity contribution in [1.29, 1.82) is 0 Å². The van der Waals surface area contributed by atoms with E-state index in [1.54, 1.807) is 6.20 Å². The van der Waals surface area contributed by atoms with Crippen LogP contribution in [0.15, 0.2) is 6.20 Å². The molecule has 0 bridgehead atoms. The molecule has 0 aliphatic heterocycles. The molecular weight excluding hydrogens is 266 g/mol. The Bertz CT molecular complexity index is 495. The summed E-state index contributed by atoms with van der Waals surface area (Å²) in [5, 5.41) is 2.96. The molecule has 0 atom stereocenters. The lowest BCUT2D eigenvalue weighted by atomic mass is 10.0. The molecular formula is C15H25N5O. The first-order valence-corrected chi connectivity index (χ1v) is 7.49. The van der Waals surface area contributed by atoms with Crippen molar-refractivity contribution < 1.29 is 4.79 Å². The molecule has 0 saturated heterocycles. The average molecular weight is 291 g/mol. The first-order chi connectivity index (χ1) is 9.97. The molecule has 21 heavy (non-hydrogen) atoms. The summed E-state index contributed by atoms with van der Waals surface area (Å²) in [5.41, 5.74) is 0.675. The van der Waals surface area contributed by atoms with Gasteiger partial charge in [0.1, 0.15) is 5.69 Å². The van der Waals surface area contributed by atoms with E-state index in [9.17, 15) is 4.79 Å². The molecule has 0 radical (unpaired) electrons. The summed E-state index contributed by atoms with van der Waals surface area (Å²) in [6, 6.07) is 0. The predicted molar refractivity (Wildman–Crippen MR) is 85.9 cm³/mol. The highest BCUT2D eigenvalue weighted by atomic mass is 16.1. The normalized spacial score (nSPS) is 15.0. The van der Waals surface area contributed by atoms with Gasteiger partial charge in [0, 0.05) is 34.6 Å². The minimum atomic E-state index is 0.0613. The highest BCUT2D eigenvalue weighted by molar-refractivity contribution is 5.93. The molecule has 1 aromatic heterocycles. The van der Waals surface area contributed by atoms with Gasteiger partial charge < -0.3 is 15.1 Å². The maximum atomic E-state index is 12.2. The minimum Gasteiger partial charge on any atom is -0.361 e. The summed E-state index contributed by atoms with van der Waals surface area (Å²) in [6.45, 7) is 0. The molecule has 6 heteroatoms. The summed E-state index contributed by atoms with van der Waals surface area (Å²) >= 11 is 0. The van der Waals surface area contributed by atoms with Gasteiger partial charge in [0.15, 0.2) is 5.82 Å². The van der Waals surface area contributed by atoms with E-state index in [2.05, 4.69) is 15.3 Å². The van der Waals surface area contributed by atoms with E-state index in [-0.39, 0.29) is 5.91 Å². The number of hydrogen-bond acceptors (Lipinski definition) is 5. The van der Waals surface area contributed by atoms with Crippen LogP contribution in [0.2, 0.25) is 0 Å². The van der Waals surface area contributed by atoms with Gasteiger partial charge in [-0.15, -0.1) is 0 Å². The van der Waals surface area contributed by atoms with E-state index in [1.165, 1.54) is 25.7 Å². The fourth-order valence-electron chi connectivity index (χ4n) is 2.69. The van der Waals surface area contributed by atoms with Crippen molar-refractivity contribution in [3.8, 4) is 0 Å². The number of aromatic nitrogens is 2. The lowest BCUT2D eigenvalue weighted by molar-refractivity contribution is -0.117. The molecule has 1 aromatic rings. The summed E-state index contributed by atoms with van der Waals surface area (Å²) < 4.78 is 0. The Balaban J connectivity index is 2.09. The van der Waals surface area contributed by atoms with Crippen molar-refractivity contribution in [3.05, 3.63) is 6.20 Å². The smallest absolute Gasteiger partial charge is 0.226 e. The van der Waals surface area contributed by atoms with Crippen LogP contribution in [0.3, 0.4) is 0 Å². The molecule has 1 N–H and O–H groups in total. The second-order valence-corrected chi connectivity index (χ2v) is 6.10. The van der Waals surface area contributed by atoms with E-state index < -0.39 is 0 Å². The Kier molecular flexibility index (Phi) is 4.98. The molecule has 1 amide bonds. The fraction of sp³-hybridized carbons (Fsp3) is 0.667. The summed E-state index contributed by atoms with van der Waals surface area (Å²) in [5.74, 6) is 1.96. The number of amides is 1. The second kappa shape index (κ2) is 6.74. The second-order valence-electron chi connectivity index (χ2n) is 6.10. The highest BCUT2D eigenvalue weighted by Crippen LogP contribution is 2.29. The zero-order valence-electron chi connectivity index (χ0n) is 13.4.